The SMILES string of the molecule is COCCCN(CC(=O)N(Cc1ccc(F)cc1)Cc1ccc(C)s1)C(=O)CCc1ccccc1. The van der Waals surface area contributed by atoms with Gasteiger partial charge in [-0.25, -0.2) is 4.39 Å². The second-order valence-electron chi connectivity index (χ2n) is 8.54. The standard InChI is InChI=1S/C28H33FN2O3S/c1-22-9-15-26(35-22)20-31(19-24-10-13-25(29)14-11-24)28(33)21-30(17-6-18-34-2)27(32)16-12-23-7-4-3-5-8-23/h3-5,7-11,13-15H,6,12,16-21H2,1-2H3. The summed E-state index contributed by atoms with van der Waals surface area (Å²) in [4.78, 5) is 32.2. The van der Waals surface area contributed by atoms with Gasteiger partial charge in [0.2, 0.25) is 11.8 Å². The highest BCUT2D eigenvalue weighted by Gasteiger charge is 2.22. The highest BCUT2D eigenvalue weighted by Crippen LogP contribution is 2.19. The lowest BCUT2D eigenvalue weighted by molar-refractivity contribution is -0.141. The van der Waals surface area contributed by atoms with Gasteiger partial charge in [0.15, 0.2) is 0 Å². The fraction of sp³-hybridized carbons (Fsp3) is 0.357. The Kier molecular flexibility index (Phi) is 10.4. The van der Waals surface area contributed by atoms with Crippen molar-refractivity contribution in [2.45, 2.75) is 39.3 Å². The summed E-state index contributed by atoms with van der Waals surface area (Å²) < 4.78 is 18.6. The van der Waals surface area contributed by atoms with E-state index in [9.17, 15) is 14.0 Å². The third-order valence-electron chi connectivity index (χ3n) is 5.71. The monoisotopic (exact) mass is 496 g/mol. The van der Waals surface area contributed by atoms with E-state index < -0.39 is 0 Å². The Balaban J connectivity index is 1.71. The molecule has 0 fully saturated rings. The van der Waals surface area contributed by atoms with E-state index >= 15 is 0 Å². The Morgan fingerprint density at radius 3 is 2.29 bits per heavy atom. The van der Waals surface area contributed by atoms with E-state index in [2.05, 4.69) is 0 Å². The molecule has 35 heavy (non-hydrogen) atoms. The quantitative estimate of drug-likeness (QED) is 0.305. The lowest BCUT2D eigenvalue weighted by atomic mass is 10.1. The van der Waals surface area contributed by atoms with Crippen molar-refractivity contribution < 1.29 is 18.7 Å². The van der Waals surface area contributed by atoms with Gasteiger partial charge in [0.1, 0.15) is 5.82 Å². The number of carbonyl (C=O) groups excluding carboxylic acids is 2. The van der Waals surface area contributed by atoms with Crippen LogP contribution in [0.1, 0.15) is 33.7 Å². The number of nitrogens with zero attached hydrogens (tertiary/aromatic N) is 2. The molecule has 0 unspecified atom stereocenters. The number of carbonyl (C=O) groups is 2. The molecule has 5 nitrogen and oxygen atoms in total. The first-order valence-electron chi connectivity index (χ1n) is 11.8. The number of ether oxygens (including phenoxy) is 1. The van der Waals surface area contributed by atoms with Crippen LogP contribution in [-0.2, 0) is 33.8 Å². The summed E-state index contributed by atoms with van der Waals surface area (Å²) in [6.07, 6.45) is 1.62. The summed E-state index contributed by atoms with van der Waals surface area (Å²) >= 11 is 1.64. The van der Waals surface area contributed by atoms with Crippen molar-refractivity contribution in [1.82, 2.24) is 9.80 Å². The van der Waals surface area contributed by atoms with Gasteiger partial charge in [-0.15, -0.1) is 11.3 Å². The molecule has 0 radical (unpaired) electrons. The molecule has 1 aromatic heterocycles. The van der Waals surface area contributed by atoms with Crippen molar-refractivity contribution in [2.24, 2.45) is 0 Å². The molecule has 2 aromatic carbocycles. The van der Waals surface area contributed by atoms with Gasteiger partial charge in [0.05, 0.1) is 13.1 Å². The molecular weight excluding hydrogens is 463 g/mol. The van der Waals surface area contributed by atoms with Crippen LogP contribution in [-0.4, -0.2) is 48.4 Å². The van der Waals surface area contributed by atoms with Gasteiger partial charge in [-0.2, -0.15) is 0 Å². The fourth-order valence-corrected chi connectivity index (χ4v) is 4.72. The van der Waals surface area contributed by atoms with E-state index in [1.54, 1.807) is 40.4 Å². The van der Waals surface area contributed by atoms with E-state index in [1.165, 1.54) is 17.0 Å². The highest BCUT2D eigenvalue weighted by atomic mass is 32.1. The van der Waals surface area contributed by atoms with Gasteiger partial charge in [0.25, 0.3) is 0 Å². The minimum absolute atomic E-state index is 0.00287. The van der Waals surface area contributed by atoms with E-state index in [0.717, 1.165) is 16.0 Å². The number of aryl methyl sites for hydroxylation is 2. The number of hydrogen-bond acceptors (Lipinski definition) is 4. The van der Waals surface area contributed by atoms with Crippen LogP contribution < -0.4 is 0 Å². The highest BCUT2D eigenvalue weighted by molar-refractivity contribution is 7.11. The van der Waals surface area contributed by atoms with Crippen LogP contribution in [0, 0.1) is 12.7 Å². The molecule has 0 saturated heterocycles. The van der Waals surface area contributed by atoms with Gasteiger partial charge in [-0.1, -0.05) is 42.5 Å². The summed E-state index contributed by atoms with van der Waals surface area (Å²) in [7, 11) is 1.63. The molecule has 0 spiro atoms. The normalized spacial score (nSPS) is 10.8. The molecule has 0 bridgehead atoms. The number of methoxy groups -OCH3 is 1. The number of benzene rings is 2. The van der Waals surface area contributed by atoms with Gasteiger partial charge in [-0.3, -0.25) is 9.59 Å². The Morgan fingerprint density at radius 2 is 1.63 bits per heavy atom. The molecular formula is C28H33FN2O3S. The Bertz CT molecular complexity index is 1070. The second-order valence-corrected chi connectivity index (χ2v) is 9.91. The van der Waals surface area contributed by atoms with Crippen LogP contribution in [0.2, 0.25) is 0 Å². The van der Waals surface area contributed by atoms with Crippen molar-refractivity contribution in [1.29, 1.82) is 0 Å². The van der Waals surface area contributed by atoms with Crippen LogP contribution in [0.3, 0.4) is 0 Å². The smallest absolute Gasteiger partial charge is 0.242 e. The van der Waals surface area contributed by atoms with Gasteiger partial charge in [0, 0.05) is 43.0 Å². The van der Waals surface area contributed by atoms with Gasteiger partial charge < -0.3 is 14.5 Å². The largest absolute Gasteiger partial charge is 0.385 e. The van der Waals surface area contributed by atoms with Crippen molar-refractivity contribution in [3.05, 3.63) is 93.4 Å². The van der Waals surface area contributed by atoms with Crippen molar-refractivity contribution in [3.8, 4) is 0 Å². The number of thiophene rings is 1. The molecule has 0 saturated carbocycles. The van der Waals surface area contributed by atoms with Crippen molar-refractivity contribution in [3.63, 3.8) is 0 Å². The minimum Gasteiger partial charge on any atom is -0.385 e. The van der Waals surface area contributed by atoms with Crippen molar-refractivity contribution >= 4 is 23.2 Å². The maximum absolute atomic E-state index is 13.5. The lowest BCUT2D eigenvalue weighted by Crippen LogP contribution is -2.43. The van der Waals surface area contributed by atoms with Crippen LogP contribution in [0.4, 0.5) is 4.39 Å². The fourth-order valence-electron chi connectivity index (χ4n) is 3.81. The summed E-state index contributed by atoms with van der Waals surface area (Å²) in [6.45, 7) is 3.80. The lowest BCUT2D eigenvalue weighted by Gasteiger charge is -2.28. The van der Waals surface area contributed by atoms with Crippen LogP contribution in [0.5, 0.6) is 0 Å². The predicted octanol–water partition coefficient (Wildman–Crippen LogP) is 5.22. The molecule has 186 valence electrons. The van der Waals surface area contributed by atoms with Crippen molar-refractivity contribution in [2.75, 3.05) is 26.8 Å². The first-order valence-corrected chi connectivity index (χ1v) is 12.6. The predicted molar refractivity (Wildman–Crippen MR) is 138 cm³/mol. The molecule has 7 heteroatoms. The van der Waals surface area contributed by atoms with E-state index in [0.29, 0.717) is 45.5 Å². The van der Waals surface area contributed by atoms with Crippen LogP contribution >= 0.6 is 11.3 Å². The summed E-state index contributed by atoms with van der Waals surface area (Å²) in [5.41, 5.74) is 1.93. The Morgan fingerprint density at radius 1 is 0.886 bits per heavy atom. The summed E-state index contributed by atoms with van der Waals surface area (Å²) in [5.74, 6) is -0.494. The maximum Gasteiger partial charge on any atom is 0.242 e. The number of amides is 2. The number of halogens is 1. The minimum atomic E-state index is -0.311. The molecule has 3 aromatic rings. The molecule has 1 heterocycles. The first kappa shape index (κ1) is 26.6. The molecule has 0 aliphatic heterocycles. The van der Waals surface area contributed by atoms with Crippen LogP contribution in [0.25, 0.3) is 0 Å². The Labute approximate surface area is 211 Å². The third-order valence-corrected chi connectivity index (χ3v) is 6.69. The Hall–Kier alpha value is -3.03. The molecule has 2 amide bonds. The molecule has 3 rings (SSSR count). The zero-order chi connectivity index (χ0) is 25.0. The second kappa shape index (κ2) is 13.8. The van der Waals surface area contributed by atoms with E-state index in [1.807, 2.05) is 49.4 Å². The average Bonchev–Trinajstić information content (AvgIpc) is 3.28. The summed E-state index contributed by atoms with van der Waals surface area (Å²) in [6, 6.07) is 20.1. The summed E-state index contributed by atoms with van der Waals surface area (Å²) in [5, 5.41) is 0. The van der Waals surface area contributed by atoms with Gasteiger partial charge >= 0.3 is 0 Å². The maximum atomic E-state index is 13.5. The topological polar surface area (TPSA) is 49.9 Å². The zero-order valence-electron chi connectivity index (χ0n) is 20.4. The third kappa shape index (κ3) is 8.92. The number of rotatable bonds is 13. The molecule has 0 aliphatic rings. The first-order chi connectivity index (χ1) is 16.9. The van der Waals surface area contributed by atoms with E-state index in [-0.39, 0.29) is 24.2 Å². The number of hydrogen-bond donors (Lipinski definition) is 0. The molecule has 0 N–H and O–H groups in total. The zero-order valence-corrected chi connectivity index (χ0v) is 21.2. The average molecular weight is 497 g/mol. The van der Waals surface area contributed by atoms with E-state index in [4.69, 9.17) is 4.74 Å². The van der Waals surface area contributed by atoms with Gasteiger partial charge in [-0.05, 0) is 55.2 Å². The molecule has 0 aliphatic carbocycles. The van der Waals surface area contributed by atoms with Crippen LogP contribution in [0.15, 0.2) is 66.7 Å². The molecule has 0 atom stereocenters.